The molecule has 0 aliphatic rings. The minimum Gasteiger partial charge on any atom is -0.443 e. The molecule has 0 aromatic rings. The van der Waals surface area contributed by atoms with Gasteiger partial charge in [0, 0.05) is 26.5 Å². The van der Waals surface area contributed by atoms with Gasteiger partial charge in [-0.15, -0.1) is 0 Å². The minimum atomic E-state index is 0.295. The predicted molar refractivity (Wildman–Crippen MR) is 61.1 cm³/mol. The van der Waals surface area contributed by atoms with E-state index in [0.29, 0.717) is 6.10 Å². The van der Waals surface area contributed by atoms with Crippen molar-refractivity contribution >= 4 is 22.6 Å². The summed E-state index contributed by atoms with van der Waals surface area (Å²) >= 11 is 1.99. The van der Waals surface area contributed by atoms with Crippen molar-refractivity contribution in [1.29, 1.82) is 0 Å². The molecule has 0 aliphatic carbocycles. The Morgan fingerprint density at radius 1 is 1.33 bits per heavy atom. The Labute approximate surface area is 89.4 Å². The summed E-state index contributed by atoms with van der Waals surface area (Å²) in [4.78, 5) is 0. The molecule has 0 aromatic heterocycles. The quantitative estimate of drug-likeness (QED) is 0.409. The molecule has 0 fully saturated rings. The van der Waals surface area contributed by atoms with Crippen molar-refractivity contribution < 1.29 is 4.74 Å². The Morgan fingerprint density at radius 3 is 2.67 bits per heavy atom. The van der Waals surface area contributed by atoms with Crippen LogP contribution in [0, 0.1) is 10.0 Å². The lowest BCUT2D eigenvalue weighted by atomic mass is 10.1. The van der Waals surface area contributed by atoms with Crippen LogP contribution in [-0.2, 0) is 4.74 Å². The molecule has 0 rings (SSSR count). The maximum Gasteiger partial charge on any atom is 0.122 e. The first-order chi connectivity index (χ1) is 5.81. The first kappa shape index (κ1) is 12.1. The maximum atomic E-state index is 5.20. The van der Waals surface area contributed by atoms with E-state index in [2.05, 4.69) is 23.9 Å². The molecular formula is C10H17IO. The Bertz CT molecular complexity index is 146. The summed E-state index contributed by atoms with van der Waals surface area (Å²) in [5.41, 5.74) is 0. The zero-order chi connectivity index (χ0) is 9.23. The fourth-order valence-electron chi connectivity index (χ4n) is 1.04. The topological polar surface area (TPSA) is 9.23 Å². The molecule has 0 amide bonds. The molecule has 1 unspecified atom stereocenters. The van der Waals surface area contributed by atoms with E-state index in [1.165, 1.54) is 25.7 Å². The molecule has 0 radical (unpaired) electrons. The van der Waals surface area contributed by atoms with Crippen LogP contribution in [0.3, 0.4) is 0 Å². The molecule has 2 heteroatoms. The fourth-order valence-corrected chi connectivity index (χ4v) is 1.17. The van der Waals surface area contributed by atoms with Gasteiger partial charge in [-0.3, -0.25) is 0 Å². The molecule has 0 N–H and O–H groups in total. The molecule has 0 heterocycles. The lowest BCUT2D eigenvalue weighted by Crippen LogP contribution is -2.03. The van der Waals surface area contributed by atoms with Crippen LogP contribution in [-0.4, -0.2) is 6.10 Å². The molecule has 1 nitrogen and oxygen atoms in total. The van der Waals surface area contributed by atoms with Gasteiger partial charge in [0.2, 0.25) is 0 Å². The summed E-state index contributed by atoms with van der Waals surface area (Å²) in [5, 5.41) is 0. The highest BCUT2D eigenvalue weighted by Crippen LogP contribution is 2.07. The van der Waals surface area contributed by atoms with Crippen LogP contribution >= 0.6 is 22.6 Å². The van der Waals surface area contributed by atoms with Crippen LogP contribution in [0.25, 0.3) is 0 Å². The van der Waals surface area contributed by atoms with E-state index < -0.39 is 0 Å². The maximum absolute atomic E-state index is 5.20. The number of hydrogen-bond donors (Lipinski definition) is 0. The third kappa shape index (κ3) is 8.19. The van der Waals surface area contributed by atoms with Crippen LogP contribution < -0.4 is 0 Å². The molecule has 70 valence electrons. The van der Waals surface area contributed by atoms with E-state index in [9.17, 15) is 0 Å². The second-order valence-corrected chi connectivity index (χ2v) is 3.51. The first-order valence-electron chi connectivity index (χ1n) is 4.57. The molecule has 0 saturated heterocycles. The molecule has 12 heavy (non-hydrogen) atoms. The van der Waals surface area contributed by atoms with Gasteiger partial charge in [0.05, 0.1) is 0 Å². The van der Waals surface area contributed by atoms with E-state index in [-0.39, 0.29) is 0 Å². The van der Waals surface area contributed by atoms with Gasteiger partial charge >= 0.3 is 0 Å². The van der Waals surface area contributed by atoms with E-state index in [1.807, 2.05) is 22.6 Å². The van der Waals surface area contributed by atoms with E-state index in [0.717, 1.165) is 6.42 Å². The SMILES string of the molecule is CCCCCCC(C)OC#CI. The Hall–Kier alpha value is 0.0900. The number of halogens is 1. The number of unbranched alkanes of at least 4 members (excludes halogenated alkanes) is 3. The standard InChI is InChI=1S/C10H17IO/c1-3-4-5-6-7-10(2)12-9-8-11/h10H,3-7H2,1-2H3. The Kier molecular flexibility index (Phi) is 9.25. The molecule has 1 atom stereocenters. The van der Waals surface area contributed by atoms with E-state index in [1.54, 1.807) is 0 Å². The van der Waals surface area contributed by atoms with Crippen molar-refractivity contribution in [2.45, 2.75) is 52.1 Å². The van der Waals surface area contributed by atoms with Crippen LogP contribution in [0.2, 0.25) is 0 Å². The minimum absolute atomic E-state index is 0.295. The second-order valence-electron chi connectivity index (χ2n) is 2.97. The number of rotatable bonds is 6. The summed E-state index contributed by atoms with van der Waals surface area (Å²) in [5.74, 6) is 0. The zero-order valence-electron chi connectivity index (χ0n) is 7.90. The molecule has 0 saturated carbocycles. The van der Waals surface area contributed by atoms with Gasteiger partial charge in [0.15, 0.2) is 0 Å². The third-order valence-corrected chi connectivity index (χ3v) is 1.98. The summed E-state index contributed by atoms with van der Waals surface area (Å²) in [6, 6.07) is 0. The normalized spacial score (nSPS) is 11.6. The van der Waals surface area contributed by atoms with Crippen LogP contribution in [0.15, 0.2) is 0 Å². The molecule has 0 aliphatic heterocycles. The van der Waals surface area contributed by atoms with Gasteiger partial charge < -0.3 is 4.74 Å². The Morgan fingerprint density at radius 2 is 2.08 bits per heavy atom. The average molecular weight is 280 g/mol. The summed E-state index contributed by atoms with van der Waals surface area (Å²) in [6.07, 6.45) is 9.27. The van der Waals surface area contributed by atoms with E-state index in [4.69, 9.17) is 4.74 Å². The third-order valence-electron chi connectivity index (χ3n) is 1.76. The van der Waals surface area contributed by atoms with Gasteiger partial charge in [-0.1, -0.05) is 26.2 Å². The van der Waals surface area contributed by atoms with Gasteiger partial charge in [0.25, 0.3) is 0 Å². The summed E-state index contributed by atoms with van der Waals surface area (Å²) in [7, 11) is 0. The predicted octanol–water partition coefficient (Wildman–Crippen LogP) is 3.72. The highest BCUT2D eigenvalue weighted by molar-refractivity contribution is 14.1. The van der Waals surface area contributed by atoms with Gasteiger partial charge in [-0.2, -0.15) is 0 Å². The molecule has 0 spiro atoms. The van der Waals surface area contributed by atoms with Crippen molar-refractivity contribution in [2.24, 2.45) is 0 Å². The monoisotopic (exact) mass is 280 g/mol. The molecule has 0 aromatic carbocycles. The van der Waals surface area contributed by atoms with E-state index >= 15 is 0 Å². The fraction of sp³-hybridized carbons (Fsp3) is 0.800. The largest absolute Gasteiger partial charge is 0.443 e. The molecule has 0 bridgehead atoms. The van der Waals surface area contributed by atoms with Gasteiger partial charge in [-0.05, 0) is 19.8 Å². The lowest BCUT2D eigenvalue weighted by molar-refractivity contribution is 0.171. The highest BCUT2D eigenvalue weighted by Gasteiger charge is 1.99. The highest BCUT2D eigenvalue weighted by atomic mass is 127. The number of ether oxygens (including phenoxy) is 1. The van der Waals surface area contributed by atoms with Crippen molar-refractivity contribution in [3.05, 3.63) is 0 Å². The lowest BCUT2D eigenvalue weighted by Gasteiger charge is -2.07. The van der Waals surface area contributed by atoms with Gasteiger partial charge in [0.1, 0.15) is 12.2 Å². The van der Waals surface area contributed by atoms with Crippen LogP contribution in [0.1, 0.15) is 46.0 Å². The van der Waals surface area contributed by atoms with Gasteiger partial charge in [-0.25, -0.2) is 0 Å². The average Bonchev–Trinajstić information content (AvgIpc) is 2.09. The van der Waals surface area contributed by atoms with Crippen LogP contribution in [0.4, 0.5) is 0 Å². The molecular weight excluding hydrogens is 263 g/mol. The first-order valence-corrected chi connectivity index (χ1v) is 5.65. The zero-order valence-corrected chi connectivity index (χ0v) is 10.1. The van der Waals surface area contributed by atoms with Crippen molar-refractivity contribution in [2.75, 3.05) is 0 Å². The van der Waals surface area contributed by atoms with Crippen molar-refractivity contribution in [3.8, 4) is 10.0 Å². The van der Waals surface area contributed by atoms with Crippen LogP contribution in [0.5, 0.6) is 0 Å². The second kappa shape index (κ2) is 9.18. The van der Waals surface area contributed by atoms with Crippen molar-refractivity contribution in [3.63, 3.8) is 0 Å². The summed E-state index contributed by atoms with van der Waals surface area (Å²) in [6.45, 7) is 4.30. The summed E-state index contributed by atoms with van der Waals surface area (Å²) < 4.78 is 7.90. The smallest absolute Gasteiger partial charge is 0.122 e. The Balaban J connectivity index is 3.17. The number of hydrogen-bond acceptors (Lipinski definition) is 1. The van der Waals surface area contributed by atoms with Crippen molar-refractivity contribution in [1.82, 2.24) is 0 Å².